The van der Waals surface area contributed by atoms with Gasteiger partial charge in [-0.15, -0.1) is 11.6 Å². The third-order valence-electron chi connectivity index (χ3n) is 1.90. The Balaban J connectivity index is 2.84. The van der Waals surface area contributed by atoms with Crippen molar-refractivity contribution in [2.24, 2.45) is 5.92 Å². The highest BCUT2D eigenvalue weighted by Crippen LogP contribution is 2.38. The zero-order chi connectivity index (χ0) is 8.65. The van der Waals surface area contributed by atoms with Gasteiger partial charge in [0.15, 0.2) is 0 Å². The fraction of sp³-hybridized carbons (Fsp3) is 0.833. The van der Waals surface area contributed by atoms with Crippen LogP contribution in [0.2, 0.25) is 0 Å². The molecule has 2 nitrogen and oxygen atoms in total. The van der Waals surface area contributed by atoms with E-state index in [0.29, 0.717) is 0 Å². The van der Waals surface area contributed by atoms with Crippen LogP contribution in [0.1, 0.15) is 6.92 Å². The summed E-state index contributed by atoms with van der Waals surface area (Å²) in [5.74, 6) is -0.272. The molecule has 1 rings (SSSR count). The Kier molecular flexibility index (Phi) is 2.57. The summed E-state index contributed by atoms with van der Waals surface area (Å²) in [7, 11) is 0. The molecule has 0 aliphatic carbocycles. The van der Waals surface area contributed by atoms with Crippen molar-refractivity contribution in [2.75, 3.05) is 5.88 Å². The molecule has 0 aromatic rings. The van der Waals surface area contributed by atoms with E-state index in [9.17, 15) is 4.79 Å². The lowest BCUT2D eigenvalue weighted by Gasteiger charge is -2.18. The Bertz CT molecular complexity index is 183. The standard InChI is InChI=1S/C6H8Cl3NO/c1-3-4(2-7)6(8,9)5(11)10-3/h3-4H,2H2,1H3,(H,10,11)/t3-,4+/m1/s1. The van der Waals surface area contributed by atoms with Crippen LogP contribution in [0.25, 0.3) is 0 Å². The van der Waals surface area contributed by atoms with E-state index in [4.69, 9.17) is 34.8 Å². The fourth-order valence-electron chi connectivity index (χ4n) is 1.12. The van der Waals surface area contributed by atoms with Gasteiger partial charge in [0.05, 0.1) is 0 Å². The Labute approximate surface area is 80.2 Å². The number of hydrogen-bond donors (Lipinski definition) is 1. The number of carbonyl (C=O) groups excluding carboxylic acids is 1. The minimum absolute atomic E-state index is 0.0463. The molecule has 2 atom stereocenters. The van der Waals surface area contributed by atoms with Crippen LogP contribution in [0, 0.1) is 5.92 Å². The van der Waals surface area contributed by atoms with Crippen LogP contribution in [-0.4, -0.2) is 22.2 Å². The third kappa shape index (κ3) is 1.44. The summed E-state index contributed by atoms with van der Waals surface area (Å²) in [6, 6.07) is -0.0463. The zero-order valence-electron chi connectivity index (χ0n) is 5.90. The lowest BCUT2D eigenvalue weighted by molar-refractivity contribution is -0.120. The van der Waals surface area contributed by atoms with Gasteiger partial charge in [0, 0.05) is 17.8 Å². The summed E-state index contributed by atoms with van der Waals surface area (Å²) >= 11 is 17.1. The minimum atomic E-state index is -1.35. The molecule has 1 N–H and O–H groups in total. The molecule has 0 spiro atoms. The van der Waals surface area contributed by atoms with E-state index in [1.807, 2.05) is 6.92 Å². The number of rotatable bonds is 1. The largest absolute Gasteiger partial charge is 0.351 e. The molecule has 1 heterocycles. The average Bonchev–Trinajstić information content (AvgIpc) is 2.04. The monoisotopic (exact) mass is 215 g/mol. The predicted molar refractivity (Wildman–Crippen MR) is 46.3 cm³/mol. The van der Waals surface area contributed by atoms with Crippen LogP contribution < -0.4 is 5.32 Å². The van der Waals surface area contributed by atoms with Gasteiger partial charge in [0.1, 0.15) is 0 Å². The second kappa shape index (κ2) is 3.00. The topological polar surface area (TPSA) is 29.1 Å². The van der Waals surface area contributed by atoms with E-state index in [1.165, 1.54) is 0 Å². The quantitative estimate of drug-likeness (QED) is 0.662. The van der Waals surface area contributed by atoms with E-state index in [2.05, 4.69) is 5.32 Å². The SMILES string of the molecule is C[C@H]1NC(=O)C(Cl)(Cl)[C@H]1CCl. The molecule has 1 aliphatic rings. The molecule has 0 saturated carbocycles. The van der Waals surface area contributed by atoms with Crippen LogP contribution in [0.15, 0.2) is 0 Å². The molecule has 0 aromatic heterocycles. The number of nitrogens with one attached hydrogen (secondary N) is 1. The maximum atomic E-state index is 11.0. The number of alkyl halides is 3. The first kappa shape index (κ1) is 9.43. The molecule has 64 valence electrons. The highest BCUT2D eigenvalue weighted by atomic mass is 35.5. The Hall–Kier alpha value is 0.340. The first-order valence-corrected chi connectivity index (χ1v) is 4.54. The molecule has 11 heavy (non-hydrogen) atoms. The maximum Gasteiger partial charge on any atom is 0.257 e. The highest BCUT2D eigenvalue weighted by Gasteiger charge is 2.50. The van der Waals surface area contributed by atoms with Crippen molar-refractivity contribution in [3.05, 3.63) is 0 Å². The lowest BCUT2D eigenvalue weighted by atomic mass is 10.0. The molecule has 1 saturated heterocycles. The highest BCUT2D eigenvalue weighted by molar-refractivity contribution is 6.59. The van der Waals surface area contributed by atoms with Crippen molar-refractivity contribution >= 4 is 40.7 Å². The second-order valence-electron chi connectivity index (χ2n) is 2.65. The van der Waals surface area contributed by atoms with Crippen LogP contribution in [0.5, 0.6) is 0 Å². The van der Waals surface area contributed by atoms with Gasteiger partial charge < -0.3 is 5.32 Å². The fourth-order valence-corrected chi connectivity index (χ4v) is 2.41. The smallest absolute Gasteiger partial charge is 0.257 e. The predicted octanol–water partition coefficient (Wildman–Crippen LogP) is 1.53. The number of amides is 1. The Morgan fingerprint density at radius 3 is 2.36 bits per heavy atom. The summed E-state index contributed by atoms with van der Waals surface area (Å²) in [4.78, 5) is 11.0. The van der Waals surface area contributed by atoms with Crippen LogP contribution in [0.3, 0.4) is 0 Å². The van der Waals surface area contributed by atoms with Crippen LogP contribution in [0.4, 0.5) is 0 Å². The third-order valence-corrected chi connectivity index (χ3v) is 3.13. The Morgan fingerprint density at radius 2 is 2.18 bits per heavy atom. The van der Waals surface area contributed by atoms with Gasteiger partial charge in [0.25, 0.3) is 5.91 Å². The van der Waals surface area contributed by atoms with Gasteiger partial charge in [-0.25, -0.2) is 0 Å². The van der Waals surface area contributed by atoms with Crippen molar-refractivity contribution in [1.82, 2.24) is 5.32 Å². The molecule has 1 amide bonds. The van der Waals surface area contributed by atoms with E-state index < -0.39 is 4.33 Å². The normalized spacial score (nSPS) is 35.5. The Morgan fingerprint density at radius 1 is 1.64 bits per heavy atom. The van der Waals surface area contributed by atoms with Gasteiger partial charge in [0.2, 0.25) is 4.33 Å². The average molecular weight is 216 g/mol. The van der Waals surface area contributed by atoms with Crippen LogP contribution in [-0.2, 0) is 4.79 Å². The molecular weight excluding hydrogens is 208 g/mol. The first-order chi connectivity index (χ1) is 5.00. The molecule has 0 radical (unpaired) electrons. The van der Waals surface area contributed by atoms with Gasteiger partial charge in [-0.3, -0.25) is 4.79 Å². The van der Waals surface area contributed by atoms with E-state index >= 15 is 0 Å². The summed E-state index contributed by atoms with van der Waals surface area (Å²) in [6.45, 7) is 1.83. The molecule has 0 bridgehead atoms. The van der Waals surface area contributed by atoms with Crippen molar-refractivity contribution in [3.8, 4) is 0 Å². The van der Waals surface area contributed by atoms with E-state index in [0.717, 1.165) is 0 Å². The number of hydrogen-bond acceptors (Lipinski definition) is 1. The molecule has 5 heteroatoms. The minimum Gasteiger partial charge on any atom is -0.351 e. The summed E-state index contributed by atoms with van der Waals surface area (Å²) in [5.41, 5.74) is 0. The summed E-state index contributed by atoms with van der Waals surface area (Å²) in [5, 5.41) is 2.62. The molecule has 1 aliphatic heterocycles. The van der Waals surface area contributed by atoms with Crippen LogP contribution >= 0.6 is 34.8 Å². The number of carbonyl (C=O) groups is 1. The van der Waals surface area contributed by atoms with Crippen molar-refractivity contribution in [2.45, 2.75) is 17.3 Å². The molecule has 0 unspecified atom stereocenters. The lowest BCUT2D eigenvalue weighted by Crippen LogP contribution is -2.31. The molecular formula is C6H8Cl3NO. The summed E-state index contributed by atoms with van der Waals surface area (Å²) < 4.78 is -1.35. The van der Waals surface area contributed by atoms with Gasteiger partial charge in [-0.1, -0.05) is 23.2 Å². The molecule has 1 fully saturated rings. The number of halogens is 3. The van der Waals surface area contributed by atoms with Crippen molar-refractivity contribution in [3.63, 3.8) is 0 Å². The summed E-state index contributed by atoms with van der Waals surface area (Å²) in [6.07, 6.45) is 0. The maximum absolute atomic E-state index is 11.0. The van der Waals surface area contributed by atoms with Gasteiger partial charge >= 0.3 is 0 Å². The van der Waals surface area contributed by atoms with Crippen molar-refractivity contribution < 1.29 is 4.79 Å². The zero-order valence-corrected chi connectivity index (χ0v) is 8.17. The first-order valence-electron chi connectivity index (χ1n) is 3.25. The molecule has 0 aromatic carbocycles. The second-order valence-corrected chi connectivity index (χ2v) is 4.34. The van der Waals surface area contributed by atoms with Crippen molar-refractivity contribution in [1.29, 1.82) is 0 Å². The van der Waals surface area contributed by atoms with E-state index in [1.54, 1.807) is 0 Å². The van der Waals surface area contributed by atoms with E-state index in [-0.39, 0.29) is 23.7 Å². The van der Waals surface area contributed by atoms with Gasteiger partial charge in [-0.05, 0) is 6.92 Å². The van der Waals surface area contributed by atoms with Gasteiger partial charge in [-0.2, -0.15) is 0 Å².